The van der Waals surface area contributed by atoms with Crippen molar-refractivity contribution in [2.24, 2.45) is 0 Å². The summed E-state index contributed by atoms with van der Waals surface area (Å²) in [5.41, 5.74) is 11.6. The summed E-state index contributed by atoms with van der Waals surface area (Å²) in [5, 5.41) is 12.2. The van der Waals surface area contributed by atoms with Gasteiger partial charge in [-0.15, -0.1) is 0 Å². The first kappa shape index (κ1) is 29.7. The molecule has 0 spiro atoms. The fourth-order valence-electron chi connectivity index (χ4n) is 8.79. The molecule has 0 N–H and O–H groups in total. The fourth-order valence-corrected chi connectivity index (χ4v) is 8.79. The molecule has 1 heterocycles. The van der Waals surface area contributed by atoms with E-state index in [-0.39, 0.29) is 0 Å². The molecule has 1 heteroatoms. The minimum absolute atomic E-state index is 0.894. The average molecular weight is 673 g/mol. The Morgan fingerprint density at radius 2 is 0.717 bits per heavy atom. The molecule has 0 atom stereocenters. The second kappa shape index (κ2) is 11.8. The van der Waals surface area contributed by atoms with Crippen molar-refractivity contribution in [3.05, 3.63) is 194 Å². The summed E-state index contributed by atoms with van der Waals surface area (Å²) < 4.78 is 6.56. The molecule has 0 saturated heterocycles. The molecule has 10 aromatic carbocycles. The maximum atomic E-state index is 6.56. The molecule has 0 unspecified atom stereocenters. The lowest BCUT2D eigenvalue weighted by Gasteiger charge is -2.20. The van der Waals surface area contributed by atoms with Gasteiger partial charge in [0.15, 0.2) is 0 Å². The van der Waals surface area contributed by atoms with Crippen molar-refractivity contribution in [3.63, 3.8) is 0 Å². The van der Waals surface area contributed by atoms with E-state index in [1.54, 1.807) is 0 Å². The topological polar surface area (TPSA) is 13.1 Å². The van der Waals surface area contributed by atoms with Crippen LogP contribution in [0.5, 0.6) is 0 Å². The molecule has 1 aromatic heterocycles. The van der Waals surface area contributed by atoms with Crippen LogP contribution in [-0.2, 0) is 0 Å². The van der Waals surface area contributed by atoms with Gasteiger partial charge in [-0.25, -0.2) is 0 Å². The molecule has 53 heavy (non-hydrogen) atoms. The van der Waals surface area contributed by atoms with E-state index in [2.05, 4.69) is 194 Å². The summed E-state index contributed by atoms with van der Waals surface area (Å²) in [7, 11) is 0. The zero-order chi connectivity index (χ0) is 34.9. The van der Waals surface area contributed by atoms with Gasteiger partial charge in [-0.2, -0.15) is 0 Å². The molecule has 0 aliphatic rings. The molecule has 0 aliphatic heterocycles. The van der Waals surface area contributed by atoms with E-state index < -0.39 is 0 Å². The van der Waals surface area contributed by atoms with Gasteiger partial charge in [0.25, 0.3) is 0 Å². The standard InChI is InChI=1S/C52H32O/c1-3-18-36-33(14-1)16-11-26-38(36)40-20-5-6-21-41(40)51-45-24-9-7-22-43(45)50(44-23-8-10-25-46(44)51)35-30-31-48-47(32-35)52-42(28-13-29-49(52)53-48)39-27-12-17-34-15-2-4-19-37(34)39/h1-32H. The van der Waals surface area contributed by atoms with Crippen molar-refractivity contribution in [3.8, 4) is 44.5 Å². The van der Waals surface area contributed by atoms with Gasteiger partial charge in [0, 0.05) is 10.8 Å². The third kappa shape index (κ3) is 4.58. The summed E-state index contributed by atoms with van der Waals surface area (Å²) in [6, 6.07) is 70.5. The lowest BCUT2D eigenvalue weighted by atomic mass is 9.83. The van der Waals surface area contributed by atoms with Crippen molar-refractivity contribution in [2.75, 3.05) is 0 Å². The Morgan fingerprint density at radius 1 is 0.264 bits per heavy atom. The Hall–Kier alpha value is -6.96. The van der Waals surface area contributed by atoms with Crippen molar-refractivity contribution in [2.45, 2.75) is 0 Å². The first-order chi connectivity index (χ1) is 26.3. The Balaban J connectivity index is 1.19. The quantitative estimate of drug-likeness (QED) is 0.170. The van der Waals surface area contributed by atoms with E-state index >= 15 is 0 Å². The van der Waals surface area contributed by atoms with E-state index in [9.17, 15) is 0 Å². The first-order valence-corrected chi connectivity index (χ1v) is 18.3. The van der Waals surface area contributed by atoms with Crippen molar-refractivity contribution < 1.29 is 4.42 Å². The molecule has 0 saturated carbocycles. The molecule has 11 aromatic rings. The van der Waals surface area contributed by atoms with Gasteiger partial charge in [0.05, 0.1) is 0 Å². The molecular weight excluding hydrogens is 641 g/mol. The lowest BCUT2D eigenvalue weighted by molar-refractivity contribution is 0.669. The normalized spacial score (nSPS) is 11.8. The van der Waals surface area contributed by atoms with Crippen LogP contribution in [0, 0.1) is 0 Å². The predicted molar refractivity (Wildman–Crippen MR) is 225 cm³/mol. The highest BCUT2D eigenvalue weighted by atomic mass is 16.3. The second-order valence-corrected chi connectivity index (χ2v) is 13.9. The van der Waals surface area contributed by atoms with E-state index in [1.807, 2.05) is 0 Å². The third-order valence-corrected chi connectivity index (χ3v) is 11.1. The van der Waals surface area contributed by atoms with Gasteiger partial charge in [-0.3, -0.25) is 0 Å². The minimum Gasteiger partial charge on any atom is -0.456 e. The zero-order valence-electron chi connectivity index (χ0n) is 28.9. The highest BCUT2D eigenvalue weighted by molar-refractivity contribution is 6.24. The number of furan rings is 1. The number of fused-ring (bicyclic) bond motifs is 7. The average Bonchev–Trinajstić information content (AvgIpc) is 3.61. The third-order valence-electron chi connectivity index (χ3n) is 11.1. The Kier molecular flexibility index (Phi) is 6.62. The molecule has 246 valence electrons. The summed E-state index contributed by atoms with van der Waals surface area (Å²) >= 11 is 0. The van der Waals surface area contributed by atoms with Gasteiger partial charge in [-0.05, 0) is 106 Å². The first-order valence-electron chi connectivity index (χ1n) is 18.3. The number of hydrogen-bond donors (Lipinski definition) is 0. The van der Waals surface area contributed by atoms with E-state index in [0.717, 1.165) is 21.9 Å². The minimum atomic E-state index is 0.894. The monoisotopic (exact) mass is 672 g/mol. The van der Waals surface area contributed by atoms with Crippen LogP contribution in [0.1, 0.15) is 0 Å². The zero-order valence-corrected chi connectivity index (χ0v) is 28.9. The van der Waals surface area contributed by atoms with Crippen LogP contribution in [-0.4, -0.2) is 0 Å². The van der Waals surface area contributed by atoms with Crippen LogP contribution >= 0.6 is 0 Å². The number of hydrogen-bond acceptors (Lipinski definition) is 1. The Bertz CT molecular complexity index is 3170. The van der Waals surface area contributed by atoms with Crippen LogP contribution in [0.25, 0.3) is 110 Å². The summed E-state index contributed by atoms with van der Waals surface area (Å²) in [4.78, 5) is 0. The number of rotatable bonds is 4. The van der Waals surface area contributed by atoms with Crippen LogP contribution in [0.3, 0.4) is 0 Å². The van der Waals surface area contributed by atoms with Crippen LogP contribution in [0.15, 0.2) is 199 Å². The van der Waals surface area contributed by atoms with Gasteiger partial charge >= 0.3 is 0 Å². The second-order valence-electron chi connectivity index (χ2n) is 13.9. The van der Waals surface area contributed by atoms with Gasteiger partial charge in [-0.1, -0.05) is 176 Å². The summed E-state index contributed by atoms with van der Waals surface area (Å²) in [6.45, 7) is 0. The molecule has 0 bridgehead atoms. The molecule has 1 nitrogen and oxygen atoms in total. The van der Waals surface area contributed by atoms with Crippen LogP contribution in [0.4, 0.5) is 0 Å². The van der Waals surface area contributed by atoms with Crippen LogP contribution in [0.2, 0.25) is 0 Å². The summed E-state index contributed by atoms with van der Waals surface area (Å²) in [5.74, 6) is 0. The maximum absolute atomic E-state index is 6.56. The largest absolute Gasteiger partial charge is 0.456 e. The highest BCUT2D eigenvalue weighted by Crippen LogP contribution is 2.48. The van der Waals surface area contributed by atoms with E-state index in [4.69, 9.17) is 4.42 Å². The van der Waals surface area contributed by atoms with E-state index in [1.165, 1.54) is 87.6 Å². The van der Waals surface area contributed by atoms with Crippen molar-refractivity contribution in [1.82, 2.24) is 0 Å². The van der Waals surface area contributed by atoms with Crippen molar-refractivity contribution in [1.29, 1.82) is 0 Å². The summed E-state index contributed by atoms with van der Waals surface area (Å²) in [6.07, 6.45) is 0. The lowest BCUT2D eigenvalue weighted by Crippen LogP contribution is -1.93. The number of benzene rings is 10. The molecule has 0 aliphatic carbocycles. The van der Waals surface area contributed by atoms with Gasteiger partial charge in [0.1, 0.15) is 11.2 Å². The predicted octanol–water partition coefficient (Wildman–Crippen LogP) is 14.9. The SMILES string of the molecule is c1ccc(-c2c3ccccc3c(-c3ccc4oc5cccc(-c6cccc7ccccc67)c5c4c3)c3ccccc23)c(-c2cccc3ccccc23)c1. The van der Waals surface area contributed by atoms with Gasteiger partial charge < -0.3 is 4.42 Å². The Labute approximate surface area is 307 Å². The van der Waals surface area contributed by atoms with E-state index in [0.29, 0.717) is 0 Å². The highest BCUT2D eigenvalue weighted by Gasteiger charge is 2.21. The van der Waals surface area contributed by atoms with Gasteiger partial charge in [0.2, 0.25) is 0 Å². The molecule has 11 rings (SSSR count). The van der Waals surface area contributed by atoms with Crippen molar-refractivity contribution >= 4 is 65.0 Å². The molecule has 0 amide bonds. The smallest absolute Gasteiger partial charge is 0.136 e. The Morgan fingerprint density at radius 3 is 1.36 bits per heavy atom. The molecule has 0 fully saturated rings. The maximum Gasteiger partial charge on any atom is 0.136 e. The van der Waals surface area contributed by atoms with Crippen LogP contribution < -0.4 is 0 Å². The fraction of sp³-hybridized carbons (Fsp3) is 0. The molecule has 0 radical (unpaired) electrons. The molecular formula is C52H32O.